The van der Waals surface area contributed by atoms with Crippen molar-refractivity contribution in [3.05, 3.63) is 53.9 Å². The molecule has 0 spiro atoms. The highest BCUT2D eigenvalue weighted by Gasteiger charge is 2.25. The van der Waals surface area contributed by atoms with Crippen molar-refractivity contribution in [2.45, 2.75) is 38.0 Å². The Morgan fingerprint density at radius 1 is 1.00 bits per heavy atom. The van der Waals surface area contributed by atoms with Gasteiger partial charge in [0.15, 0.2) is 5.69 Å². The van der Waals surface area contributed by atoms with Gasteiger partial charge in [0.25, 0.3) is 0 Å². The molecule has 0 atom stereocenters. The fraction of sp³-hybridized carbons (Fsp3) is 0.316. The number of hydrogen-bond donors (Lipinski definition) is 0. The summed E-state index contributed by atoms with van der Waals surface area (Å²) in [4.78, 5) is 0. The van der Waals surface area contributed by atoms with Crippen LogP contribution < -0.4 is 0 Å². The van der Waals surface area contributed by atoms with Gasteiger partial charge in [0.05, 0.1) is 11.4 Å². The SMILES string of the molecule is N#Cc1nnn(-c2cccc3ccccc23)c1C1CCCCC1. The lowest BCUT2D eigenvalue weighted by Gasteiger charge is -2.22. The fourth-order valence-corrected chi connectivity index (χ4v) is 3.68. The highest BCUT2D eigenvalue weighted by atomic mass is 15.4. The Hall–Kier alpha value is -2.67. The number of benzene rings is 2. The molecule has 0 N–H and O–H groups in total. The van der Waals surface area contributed by atoms with Crippen LogP contribution in [0.3, 0.4) is 0 Å². The van der Waals surface area contributed by atoms with E-state index in [0.29, 0.717) is 11.6 Å². The normalized spacial score (nSPS) is 15.6. The highest BCUT2D eigenvalue weighted by Crippen LogP contribution is 2.35. The summed E-state index contributed by atoms with van der Waals surface area (Å²) >= 11 is 0. The Kier molecular flexibility index (Phi) is 3.55. The van der Waals surface area contributed by atoms with Gasteiger partial charge in [0.2, 0.25) is 0 Å². The Morgan fingerprint density at radius 3 is 2.61 bits per heavy atom. The third kappa shape index (κ3) is 2.39. The van der Waals surface area contributed by atoms with Crippen LogP contribution in [0.4, 0.5) is 0 Å². The second-order valence-electron chi connectivity index (χ2n) is 6.18. The molecule has 23 heavy (non-hydrogen) atoms. The van der Waals surface area contributed by atoms with E-state index in [1.165, 1.54) is 24.6 Å². The van der Waals surface area contributed by atoms with Crippen LogP contribution in [0.2, 0.25) is 0 Å². The molecule has 0 saturated heterocycles. The molecule has 0 aliphatic heterocycles. The average molecular weight is 302 g/mol. The van der Waals surface area contributed by atoms with Crippen molar-refractivity contribution in [3.8, 4) is 11.8 Å². The van der Waals surface area contributed by atoms with E-state index >= 15 is 0 Å². The van der Waals surface area contributed by atoms with Gasteiger partial charge >= 0.3 is 0 Å². The molecule has 3 aromatic rings. The molecule has 1 aromatic heterocycles. The predicted octanol–water partition coefficient (Wildman–Crippen LogP) is 4.34. The standard InChI is InChI=1S/C19H18N4/c20-13-17-19(15-8-2-1-3-9-15)23(22-21-17)18-12-6-10-14-7-4-5-11-16(14)18/h4-7,10-12,15H,1-3,8-9H2. The van der Waals surface area contributed by atoms with Gasteiger partial charge in [-0.1, -0.05) is 60.9 Å². The summed E-state index contributed by atoms with van der Waals surface area (Å²) in [5.41, 5.74) is 2.48. The van der Waals surface area contributed by atoms with E-state index in [9.17, 15) is 5.26 Å². The van der Waals surface area contributed by atoms with Crippen molar-refractivity contribution in [2.24, 2.45) is 0 Å². The number of rotatable bonds is 2. The molecular weight excluding hydrogens is 284 g/mol. The van der Waals surface area contributed by atoms with Crippen LogP contribution in [0.25, 0.3) is 16.5 Å². The van der Waals surface area contributed by atoms with Crippen molar-refractivity contribution < 1.29 is 0 Å². The quantitative estimate of drug-likeness (QED) is 0.707. The molecule has 4 nitrogen and oxygen atoms in total. The Bertz CT molecular complexity index is 877. The summed E-state index contributed by atoms with van der Waals surface area (Å²) in [5, 5.41) is 20.2. The lowest BCUT2D eigenvalue weighted by molar-refractivity contribution is 0.429. The lowest BCUT2D eigenvalue weighted by Crippen LogP contribution is -2.12. The molecule has 1 aliphatic rings. The number of aromatic nitrogens is 3. The zero-order valence-electron chi connectivity index (χ0n) is 12.9. The first kappa shape index (κ1) is 14.0. The number of nitrogens with zero attached hydrogens (tertiary/aromatic N) is 4. The minimum atomic E-state index is 0.382. The molecule has 114 valence electrons. The maximum Gasteiger partial charge on any atom is 0.186 e. The first-order valence-electron chi connectivity index (χ1n) is 8.22. The topological polar surface area (TPSA) is 54.5 Å². The fourth-order valence-electron chi connectivity index (χ4n) is 3.68. The molecule has 0 bridgehead atoms. The van der Waals surface area contributed by atoms with E-state index in [1.54, 1.807) is 0 Å². The van der Waals surface area contributed by atoms with Crippen molar-refractivity contribution in [1.29, 1.82) is 5.26 Å². The number of fused-ring (bicyclic) bond motifs is 1. The number of nitriles is 1. The van der Waals surface area contributed by atoms with Crippen LogP contribution in [0.5, 0.6) is 0 Å². The van der Waals surface area contributed by atoms with Gasteiger partial charge in [-0.2, -0.15) is 5.26 Å². The maximum absolute atomic E-state index is 9.46. The van der Waals surface area contributed by atoms with Crippen LogP contribution >= 0.6 is 0 Å². The summed E-state index contributed by atoms with van der Waals surface area (Å²) < 4.78 is 1.90. The lowest BCUT2D eigenvalue weighted by atomic mass is 9.86. The molecule has 0 radical (unpaired) electrons. The van der Waals surface area contributed by atoms with Crippen LogP contribution in [-0.2, 0) is 0 Å². The van der Waals surface area contributed by atoms with E-state index in [4.69, 9.17) is 0 Å². The zero-order valence-corrected chi connectivity index (χ0v) is 12.9. The van der Waals surface area contributed by atoms with Crippen LogP contribution in [0.1, 0.15) is 49.4 Å². The van der Waals surface area contributed by atoms with E-state index in [-0.39, 0.29) is 0 Å². The first-order valence-corrected chi connectivity index (χ1v) is 8.22. The summed E-state index contributed by atoms with van der Waals surface area (Å²) in [5.74, 6) is 0.382. The van der Waals surface area contributed by atoms with E-state index in [0.717, 1.165) is 29.6 Å². The second kappa shape index (κ2) is 5.85. The van der Waals surface area contributed by atoms with Gasteiger partial charge < -0.3 is 0 Å². The van der Waals surface area contributed by atoms with Crippen LogP contribution in [0.15, 0.2) is 42.5 Å². The summed E-state index contributed by atoms with van der Waals surface area (Å²) in [6.07, 6.45) is 5.96. The smallest absolute Gasteiger partial charge is 0.186 e. The summed E-state index contributed by atoms with van der Waals surface area (Å²) in [7, 11) is 0. The van der Waals surface area contributed by atoms with Crippen LogP contribution in [-0.4, -0.2) is 15.0 Å². The van der Waals surface area contributed by atoms with Gasteiger partial charge in [-0.3, -0.25) is 0 Å². The van der Waals surface area contributed by atoms with Gasteiger partial charge in [0, 0.05) is 11.3 Å². The van der Waals surface area contributed by atoms with Gasteiger partial charge in [-0.05, 0) is 24.3 Å². The molecule has 2 aromatic carbocycles. The molecule has 1 aliphatic carbocycles. The van der Waals surface area contributed by atoms with Gasteiger partial charge in [0.1, 0.15) is 6.07 Å². The van der Waals surface area contributed by atoms with Crippen molar-refractivity contribution in [2.75, 3.05) is 0 Å². The van der Waals surface area contributed by atoms with E-state index in [1.807, 2.05) is 22.9 Å². The third-order valence-corrected chi connectivity index (χ3v) is 4.80. The average Bonchev–Trinajstić information content (AvgIpc) is 3.06. The third-order valence-electron chi connectivity index (χ3n) is 4.80. The van der Waals surface area contributed by atoms with Crippen molar-refractivity contribution >= 4 is 10.8 Å². The Labute approximate surface area is 135 Å². The van der Waals surface area contributed by atoms with Crippen LogP contribution in [0, 0.1) is 11.3 Å². The molecule has 0 amide bonds. The first-order chi connectivity index (χ1) is 11.4. The summed E-state index contributed by atoms with van der Waals surface area (Å²) in [6, 6.07) is 16.7. The van der Waals surface area contributed by atoms with Crippen molar-refractivity contribution in [3.63, 3.8) is 0 Å². The molecule has 0 unspecified atom stereocenters. The van der Waals surface area contributed by atoms with Crippen molar-refractivity contribution in [1.82, 2.24) is 15.0 Å². The molecule has 1 fully saturated rings. The molecule has 1 saturated carbocycles. The predicted molar refractivity (Wildman–Crippen MR) is 89.4 cm³/mol. The zero-order chi connectivity index (χ0) is 15.6. The minimum absolute atomic E-state index is 0.382. The minimum Gasteiger partial charge on any atom is -0.215 e. The molecule has 1 heterocycles. The second-order valence-corrected chi connectivity index (χ2v) is 6.18. The van der Waals surface area contributed by atoms with Gasteiger partial charge in [-0.25, -0.2) is 4.68 Å². The molecule has 4 rings (SSSR count). The monoisotopic (exact) mass is 302 g/mol. The highest BCUT2D eigenvalue weighted by molar-refractivity contribution is 5.90. The molecular formula is C19H18N4. The largest absolute Gasteiger partial charge is 0.215 e. The maximum atomic E-state index is 9.46. The Morgan fingerprint density at radius 2 is 1.78 bits per heavy atom. The number of hydrogen-bond acceptors (Lipinski definition) is 3. The molecule has 4 heteroatoms. The van der Waals surface area contributed by atoms with E-state index in [2.05, 4.69) is 40.6 Å². The van der Waals surface area contributed by atoms with E-state index < -0.39 is 0 Å². The Balaban J connectivity index is 1.92. The van der Waals surface area contributed by atoms with Gasteiger partial charge in [-0.15, -0.1) is 5.10 Å². The summed E-state index contributed by atoms with van der Waals surface area (Å²) in [6.45, 7) is 0.